The number of benzene rings is 1. The Morgan fingerprint density at radius 2 is 2.12 bits per heavy atom. The summed E-state index contributed by atoms with van der Waals surface area (Å²) in [6.07, 6.45) is 0. The Balaban J connectivity index is 2.21. The third-order valence-corrected chi connectivity index (χ3v) is 4.91. The van der Waals surface area contributed by atoms with E-state index in [0.717, 1.165) is 11.9 Å². The maximum absolute atomic E-state index is 3.53. The Bertz CT molecular complexity index is 466. The Morgan fingerprint density at radius 1 is 1.38 bits per heavy atom. The van der Waals surface area contributed by atoms with Crippen molar-refractivity contribution >= 4 is 37.4 Å². The van der Waals surface area contributed by atoms with Crippen LogP contribution in [0.2, 0.25) is 0 Å². The minimum absolute atomic E-state index is 0.568. The summed E-state index contributed by atoms with van der Waals surface area (Å²) in [7, 11) is 2.18. The highest BCUT2D eigenvalue weighted by Crippen LogP contribution is 2.26. The molecule has 0 fully saturated rings. The highest BCUT2D eigenvalue weighted by atomic mass is 79.9. The van der Waals surface area contributed by atoms with Crippen molar-refractivity contribution in [3.63, 3.8) is 0 Å². The van der Waals surface area contributed by atoms with Crippen LogP contribution in [0.25, 0.3) is 10.1 Å². The number of rotatable bonds is 4. The zero-order valence-corrected chi connectivity index (χ0v) is 12.0. The predicted molar refractivity (Wildman–Crippen MR) is 76.5 cm³/mol. The summed E-state index contributed by atoms with van der Waals surface area (Å²) >= 11 is 5.37. The van der Waals surface area contributed by atoms with Crippen LogP contribution in [0.5, 0.6) is 0 Å². The number of nitrogens with zero attached hydrogens (tertiary/aromatic N) is 1. The second-order valence-corrected chi connectivity index (χ2v) is 5.73. The Kier molecular flexibility index (Phi) is 4.00. The molecular weight excluding hydrogens is 282 g/mol. The molecule has 86 valence electrons. The maximum atomic E-state index is 3.53. The molecule has 2 aromatic rings. The second-order valence-electron chi connectivity index (χ2n) is 4.18. The van der Waals surface area contributed by atoms with Gasteiger partial charge in [-0.25, -0.2) is 0 Å². The van der Waals surface area contributed by atoms with Crippen LogP contribution >= 0.6 is 27.3 Å². The van der Waals surface area contributed by atoms with Gasteiger partial charge in [-0.1, -0.05) is 34.1 Å². The lowest BCUT2D eigenvalue weighted by molar-refractivity contribution is 0.272. The van der Waals surface area contributed by atoms with Gasteiger partial charge in [-0.2, -0.15) is 0 Å². The van der Waals surface area contributed by atoms with E-state index >= 15 is 0 Å². The highest BCUT2D eigenvalue weighted by molar-refractivity contribution is 9.09. The van der Waals surface area contributed by atoms with Crippen LogP contribution in [0.15, 0.2) is 29.6 Å². The maximum Gasteiger partial charge on any atom is 0.0346 e. The molecule has 1 heterocycles. The summed E-state index contributed by atoms with van der Waals surface area (Å²) in [5.74, 6) is 0. The molecule has 1 aromatic carbocycles. The number of alkyl halides is 1. The minimum atomic E-state index is 0.568. The van der Waals surface area contributed by atoms with E-state index in [4.69, 9.17) is 0 Å². The molecule has 0 spiro atoms. The topological polar surface area (TPSA) is 3.24 Å². The van der Waals surface area contributed by atoms with Crippen molar-refractivity contribution in [3.05, 3.63) is 35.2 Å². The fraction of sp³-hybridized carbons (Fsp3) is 0.385. The molecular formula is C13H16BrNS. The fourth-order valence-electron chi connectivity index (χ4n) is 1.70. The van der Waals surface area contributed by atoms with Crippen LogP contribution in [0.4, 0.5) is 0 Å². The van der Waals surface area contributed by atoms with E-state index in [9.17, 15) is 0 Å². The van der Waals surface area contributed by atoms with Crippen LogP contribution in [0.3, 0.4) is 0 Å². The lowest BCUT2D eigenvalue weighted by Crippen LogP contribution is -2.29. The van der Waals surface area contributed by atoms with E-state index in [1.807, 2.05) is 11.3 Å². The Morgan fingerprint density at radius 3 is 2.88 bits per heavy atom. The van der Waals surface area contributed by atoms with Gasteiger partial charge in [-0.3, -0.25) is 4.90 Å². The molecule has 2 rings (SSSR count). The van der Waals surface area contributed by atoms with Crippen molar-refractivity contribution in [1.29, 1.82) is 0 Å². The monoisotopic (exact) mass is 297 g/mol. The first-order chi connectivity index (χ1) is 7.72. The highest BCUT2D eigenvalue weighted by Gasteiger charge is 2.10. The summed E-state index contributed by atoms with van der Waals surface area (Å²) in [6.45, 7) is 3.26. The standard InChI is InChI=1S/C13H16BrNS/c1-10(7-14)15(2)8-11-9-16-13-6-4-3-5-12(11)13/h3-6,9-10H,7-8H2,1-2H3. The molecule has 0 aliphatic heterocycles. The lowest BCUT2D eigenvalue weighted by Gasteiger charge is -2.22. The van der Waals surface area contributed by atoms with Crippen LogP contribution in [-0.4, -0.2) is 23.3 Å². The van der Waals surface area contributed by atoms with Crippen molar-refractivity contribution in [2.45, 2.75) is 19.5 Å². The van der Waals surface area contributed by atoms with E-state index in [2.05, 4.69) is 64.4 Å². The molecule has 0 amide bonds. The van der Waals surface area contributed by atoms with Crippen molar-refractivity contribution in [3.8, 4) is 0 Å². The summed E-state index contributed by atoms with van der Waals surface area (Å²) in [5, 5.41) is 4.70. The van der Waals surface area contributed by atoms with Gasteiger partial charge in [0.1, 0.15) is 0 Å². The zero-order chi connectivity index (χ0) is 11.5. The Hall–Kier alpha value is -0.380. The van der Waals surface area contributed by atoms with Crippen molar-refractivity contribution < 1.29 is 0 Å². The lowest BCUT2D eigenvalue weighted by atomic mass is 10.1. The Labute approximate surface area is 109 Å². The molecule has 16 heavy (non-hydrogen) atoms. The van der Waals surface area contributed by atoms with E-state index in [1.165, 1.54) is 15.6 Å². The largest absolute Gasteiger partial charge is 0.299 e. The van der Waals surface area contributed by atoms with Gasteiger partial charge in [0.2, 0.25) is 0 Å². The average molecular weight is 298 g/mol. The first-order valence-electron chi connectivity index (χ1n) is 5.43. The van der Waals surface area contributed by atoms with E-state index in [0.29, 0.717) is 6.04 Å². The first kappa shape index (κ1) is 12.1. The van der Waals surface area contributed by atoms with Crippen LogP contribution in [0.1, 0.15) is 12.5 Å². The van der Waals surface area contributed by atoms with Gasteiger partial charge in [-0.05, 0) is 36.4 Å². The summed E-state index contributed by atoms with van der Waals surface area (Å²) < 4.78 is 1.39. The van der Waals surface area contributed by atoms with Gasteiger partial charge < -0.3 is 0 Å². The van der Waals surface area contributed by atoms with Gasteiger partial charge in [0.15, 0.2) is 0 Å². The average Bonchev–Trinajstić information content (AvgIpc) is 2.72. The third-order valence-electron chi connectivity index (χ3n) is 2.96. The molecule has 1 aromatic heterocycles. The molecule has 0 saturated heterocycles. The normalized spacial score (nSPS) is 13.5. The van der Waals surface area contributed by atoms with Gasteiger partial charge >= 0.3 is 0 Å². The predicted octanol–water partition coefficient (Wildman–Crippen LogP) is 4.12. The van der Waals surface area contributed by atoms with Crippen LogP contribution < -0.4 is 0 Å². The van der Waals surface area contributed by atoms with E-state index in [-0.39, 0.29) is 0 Å². The molecule has 0 radical (unpaired) electrons. The van der Waals surface area contributed by atoms with Crippen molar-refractivity contribution in [1.82, 2.24) is 4.90 Å². The van der Waals surface area contributed by atoms with Gasteiger partial charge in [0, 0.05) is 22.6 Å². The smallest absolute Gasteiger partial charge is 0.0346 e. The van der Waals surface area contributed by atoms with E-state index < -0.39 is 0 Å². The number of hydrogen-bond donors (Lipinski definition) is 0. The minimum Gasteiger partial charge on any atom is -0.299 e. The van der Waals surface area contributed by atoms with Gasteiger partial charge in [0.25, 0.3) is 0 Å². The summed E-state index contributed by atoms with van der Waals surface area (Å²) in [4.78, 5) is 2.38. The SMILES string of the molecule is CC(CBr)N(C)Cc1csc2ccccc12. The molecule has 1 atom stereocenters. The summed E-state index contributed by atoms with van der Waals surface area (Å²) in [5.41, 5.74) is 1.44. The number of thiophene rings is 1. The number of hydrogen-bond acceptors (Lipinski definition) is 2. The number of fused-ring (bicyclic) bond motifs is 1. The molecule has 0 bridgehead atoms. The van der Waals surface area contributed by atoms with E-state index in [1.54, 1.807) is 0 Å². The van der Waals surface area contributed by atoms with Crippen molar-refractivity contribution in [2.24, 2.45) is 0 Å². The second kappa shape index (κ2) is 5.30. The molecule has 0 aliphatic rings. The molecule has 1 nitrogen and oxygen atoms in total. The van der Waals surface area contributed by atoms with Gasteiger partial charge in [-0.15, -0.1) is 11.3 Å². The molecule has 1 unspecified atom stereocenters. The molecule has 0 N–H and O–H groups in total. The molecule has 0 aliphatic carbocycles. The van der Waals surface area contributed by atoms with Crippen molar-refractivity contribution in [2.75, 3.05) is 12.4 Å². The summed E-state index contributed by atoms with van der Waals surface area (Å²) in [6, 6.07) is 9.20. The first-order valence-corrected chi connectivity index (χ1v) is 7.44. The van der Waals surface area contributed by atoms with Gasteiger partial charge in [0.05, 0.1) is 0 Å². The molecule has 3 heteroatoms. The third kappa shape index (κ3) is 2.47. The van der Waals surface area contributed by atoms with Crippen LogP contribution in [-0.2, 0) is 6.54 Å². The fourth-order valence-corrected chi connectivity index (χ4v) is 3.15. The quantitative estimate of drug-likeness (QED) is 0.768. The molecule has 0 saturated carbocycles. The zero-order valence-electron chi connectivity index (χ0n) is 9.61. The number of halogens is 1. The van der Waals surface area contributed by atoms with Crippen LogP contribution in [0, 0.1) is 0 Å².